The van der Waals surface area contributed by atoms with Gasteiger partial charge in [0.25, 0.3) is 5.91 Å². The number of rotatable bonds is 5. The van der Waals surface area contributed by atoms with Crippen LogP contribution in [0.4, 0.5) is 5.95 Å². The number of carbonyl (C=O) groups is 1. The van der Waals surface area contributed by atoms with Crippen LogP contribution in [0.5, 0.6) is 5.75 Å². The van der Waals surface area contributed by atoms with Crippen molar-refractivity contribution in [1.29, 1.82) is 0 Å². The summed E-state index contributed by atoms with van der Waals surface area (Å²) in [5.74, 6) is 0.400. The van der Waals surface area contributed by atoms with E-state index in [0.29, 0.717) is 18.1 Å². The first-order chi connectivity index (χ1) is 11.7. The van der Waals surface area contributed by atoms with Crippen LogP contribution in [0, 0.1) is 0 Å². The maximum absolute atomic E-state index is 11.8. The van der Waals surface area contributed by atoms with E-state index in [4.69, 9.17) is 15.2 Å². The maximum atomic E-state index is 11.8. The molecule has 2 aromatic rings. The number of hydrogen-bond donors (Lipinski definition) is 2. The minimum Gasteiger partial charge on any atom is -0.490 e. The van der Waals surface area contributed by atoms with Gasteiger partial charge in [0.2, 0.25) is 5.95 Å². The molecule has 126 valence electrons. The molecule has 7 nitrogen and oxygen atoms in total. The smallest absolute Gasteiger partial charge is 0.269 e. The maximum Gasteiger partial charge on any atom is 0.269 e. The Kier molecular flexibility index (Phi) is 4.90. The summed E-state index contributed by atoms with van der Waals surface area (Å²) in [5.41, 5.74) is 7.27. The number of nitrogens with zero attached hydrogens (tertiary/aromatic N) is 2. The normalized spacial score (nSPS) is 16.8. The topological polar surface area (TPSA) is 99.4 Å². The summed E-state index contributed by atoms with van der Waals surface area (Å²) in [5, 5.41) is 2.53. The third-order valence-corrected chi connectivity index (χ3v) is 3.81. The molecule has 1 unspecified atom stereocenters. The van der Waals surface area contributed by atoms with E-state index in [1.165, 1.54) is 0 Å². The summed E-state index contributed by atoms with van der Waals surface area (Å²) in [7, 11) is 1.54. The lowest BCUT2D eigenvalue weighted by atomic mass is 10.1. The predicted molar refractivity (Wildman–Crippen MR) is 89.7 cm³/mol. The summed E-state index contributed by atoms with van der Waals surface area (Å²) in [6.07, 6.45) is 2.19. The summed E-state index contributed by atoms with van der Waals surface area (Å²) in [6.45, 7) is 1.27. The van der Waals surface area contributed by atoms with Crippen LogP contribution in [0.2, 0.25) is 0 Å². The zero-order valence-corrected chi connectivity index (χ0v) is 13.5. The Bertz CT molecular complexity index is 730. The molecular formula is C17H20N4O3. The molecule has 0 saturated carbocycles. The number of nitrogen functional groups attached to an aromatic ring is 1. The molecule has 1 aromatic carbocycles. The molecule has 1 aliphatic heterocycles. The molecule has 3 rings (SSSR count). The van der Waals surface area contributed by atoms with Crippen LogP contribution in [0.15, 0.2) is 30.3 Å². The first-order valence-electron chi connectivity index (χ1n) is 7.88. The molecule has 2 heterocycles. The average Bonchev–Trinajstić information content (AvgIpc) is 3.12. The largest absolute Gasteiger partial charge is 0.490 e. The van der Waals surface area contributed by atoms with Crippen LogP contribution in [0.25, 0.3) is 11.3 Å². The average molecular weight is 328 g/mol. The van der Waals surface area contributed by atoms with Gasteiger partial charge in [0.05, 0.1) is 11.8 Å². The number of amides is 1. The number of hydrogen-bond acceptors (Lipinski definition) is 6. The van der Waals surface area contributed by atoms with Crippen molar-refractivity contribution in [3.63, 3.8) is 0 Å². The molecule has 24 heavy (non-hydrogen) atoms. The van der Waals surface area contributed by atoms with Crippen molar-refractivity contribution in [2.75, 3.05) is 26.0 Å². The first kappa shape index (κ1) is 16.2. The number of nitrogens with one attached hydrogen (secondary N) is 1. The van der Waals surface area contributed by atoms with Gasteiger partial charge in [-0.1, -0.05) is 12.1 Å². The van der Waals surface area contributed by atoms with Crippen LogP contribution in [0.3, 0.4) is 0 Å². The quantitative estimate of drug-likeness (QED) is 0.865. The number of para-hydroxylation sites is 1. The van der Waals surface area contributed by atoms with Crippen molar-refractivity contribution in [2.24, 2.45) is 0 Å². The third-order valence-electron chi connectivity index (χ3n) is 3.81. The highest BCUT2D eigenvalue weighted by Gasteiger charge is 2.18. The van der Waals surface area contributed by atoms with Crippen molar-refractivity contribution in [3.8, 4) is 17.0 Å². The van der Waals surface area contributed by atoms with E-state index in [9.17, 15) is 4.79 Å². The van der Waals surface area contributed by atoms with E-state index in [0.717, 1.165) is 25.0 Å². The molecule has 1 fully saturated rings. The Morgan fingerprint density at radius 3 is 3.00 bits per heavy atom. The second kappa shape index (κ2) is 7.27. The third kappa shape index (κ3) is 3.62. The van der Waals surface area contributed by atoms with Gasteiger partial charge in [0, 0.05) is 19.2 Å². The van der Waals surface area contributed by atoms with Gasteiger partial charge in [-0.05, 0) is 31.0 Å². The highest BCUT2D eigenvalue weighted by atomic mass is 16.5. The van der Waals surface area contributed by atoms with Crippen LogP contribution in [-0.4, -0.2) is 42.2 Å². The van der Waals surface area contributed by atoms with E-state index in [1.54, 1.807) is 13.1 Å². The highest BCUT2D eigenvalue weighted by molar-refractivity contribution is 5.93. The minimum absolute atomic E-state index is 0.0417. The second-order valence-electron chi connectivity index (χ2n) is 5.52. The molecule has 0 spiro atoms. The van der Waals surface area contributed by atoms with Crippen molar-refractivity contribution in [2.45, 2.75) is 18.9 Å². The molecule has 1 aromatic heterocycles. The molecule has 1 saturated heterocycles. The number of ether oxygens (including phenoxy) is 2. The fourth-order valence-electron chi connectivity index (χ4n) is 2.61. The zero-order valence-electron chi connectivity index (χ0n) is 13.5. The number of nitrogens with two attached hydrogens (primary N) is 1. The lowest BCUT2D eigenvalue weighted by molar-refractivity contribution is 0.0681. The van der Waals surface area contributed by atoms with E-state index in [-0.39, 0.29) is 23.7 Å². The lowest BCUT2D eigenvalue weighted by Crippen LogP contribution is -2.20. The summed E-state index contributed by atoms with van der Waals surface area (Å²) in [6, 6.07) is 9.11. The first-order valence-corrected chi connectivity index (χ1v) is 7.88. The Labute approximate surface area is 140 Å². The van der Waals surface area contributed by atoms with Crippen LogP contribution in [0.1, 0.15) is 23.3 Å². The van der Waals surface area contributed by atoms with E-state index >= 15 is 0 Å². The van der Waals surface area contributed by atoms with Crippen molar-refractivity contribution >= 4 is 11.9 Å². The Morgan fingerprint density at radius 1 is 1.42 bits per heavy atom. The number of benzene rings is 1. The van der Waals surface area contributed by atoms with E-state index < -0.39 is 0 Å². The van der Waals surface area contributed by atoms with Gasteiger partial charge >= 0.3 is 0 Å². The summed E-state index contributed by atoms with van der Waals surface area (Å²) in [4.78, 5) is 20.0. The van der Waals surface area contributed by atoms with Gasteiger partial charge in [-0.25, -0.2) is 9.97 Å². The van der Waals surface area contributed by atoms with Gasteiger partial charge in [0.15, 0.2) is 0 Å². The second-order valence-corrected chi connectivity index (χ2v) is 5.52. The molecule has 7 heteroatoms. The molecule has 1 amide bonds. The highest BCUT2D eigenvalue weighted by Crippen LogP contribution is 2.29. The Morgan fingerprint density at radius 2 is 2.25 bits per heavy atom. The fraction of sp³-hybridized carbons (Fsp3) is 0.353. The van der Waals surface area contributed by atoms with Crippen molar-refractivity contribution in [3.05, 3.63) is 36.0 Å². The molecular weight excluding hydrogens is 308 g/mol. The standard InChI is InChI=1S/C17H20N4O3/c1-19-16(22)14-9-13(20-17(18)21-14)12-6-2-3-7-15(12)24-10-11-5-4-8-23-11/h2-3,6-7,9,11H,4-5,8,10H2,1H3,(H,19,22)(H2,18,20,21). The minimum atomic E-state index is -0.317. The molecule has 1 aliphatic rings. The monoisotopic (exact) mass is 328 g/mol. The zero-order chi connectivity index (χ0) is 16.9. The molecule has 0 radical (unpaired) electrons. The van der Waals surface area contributed by atoms with Gasteiger partial charge in [-0.2, -0.15) is 0 Å². The SMILES string of the molecule is CNC(=O)c1cc(-c2ccccc2OCC2CCCO2)nc(N)n1. The van der Waals surface area contributed by atoms with Crippen molar-refractivity contribution < 1.29 is 14.3 Å². The Hall–Kier alpha value is -2.67. The molecule has 3 N–H and O–H groups in total. The van der Waals surface area contributed by atoms with E-state index in [1.807, 2.05) is 24.3 Å². The summed E-state index contributed by atoms with van der Waals surface area (Å²) >= 11 is 0. The van der Waals surface area contributed by atoms with Crippen LogP contribution < -0.4 is 15.8 Å². The number of aromatic nitrogens is 2. The van der Waals surface area contributed by atoms with Gasteiger partial charge in [-0.3, -0.25) is 4.79 Å². The number of carbonyl (C=O) groups excluding carboxylic acids is 1. The lowest BCUT2D eigenvalue weighted by Gasteiger charge is -2.14. The van der Waals surface area contributed by atoms with Crippen LogP contribution >= 0.6 is 0 Å². The van der Waals surface area contributed by atoms with Crippen molar-refractivity contribution in [1.82, 2.24) is 15.3 Å². The van der Waals surface area contributed by atoms with Crippen LogP contribution in [-0.2, 0) is 4.74 Å². The van der Waals surface area contributed by atoms with Gasteiger partial charge in [-0.15, -0.1) is 0 Å². The van der Waals surface area contributed by atoms with Gasteiger partial charge in [0.1, 0.15) is 18.1 Å². The molecule has 0 bridgehead atoms. The Balaban J connectivity index is 1.88. The summed E-state index contributed by atoms with van der Waals surface area (Å²) < 4.78 is 11.5. The molecule has 1 atom stereocenters. The number of anilines is 1. The fourth-order valence-corrected chi connectivity index (χ4v) is 2.61. The predicted octanol–water partition coefficient (Wildman–Crippen LogP) is 1.64. The molecule has 0 aliphatic carbocycles. The van der Waals surface area contributed by atoms with Gasteiger partial charge < -0.3 is 20.5 Å². The van der Waals surface area contributed by atoms with E-state index in [2.05, 4.69) is 15.3 Å².